The Labute approximate surface area is 64.8 Å². The topological polar surface area (TPSA) is 45.9 Å². The molecule has 1 aromatic rings. The van der Waals surface area contributed by atoms with Gasteiger partial charge in [0.15, 0.2) is 0 Å². The summed E-state index contributed by atoms with van der Waals surface area (Å²) in [7, 11) is 0. The minimum atomic E-state index is 0.225. The lowest BCUT2D eigenvalue weighted by Crippen LogP contribution is -2.21. The average molecular weight is 150 g/mol. The van der Waals surface area contributed by atoms with Gasteiger partial charge in [0.2, 0.25) is 6.41 Å². The van der Waals surface area contributed by atoms with E-state index in [1.807, 2.05) is 19.9 Å². The molecule has 0 aromatic carbocycles. The van der Waals surface area contributed by atoms with Gasteiger partial charge in [-0.2, -0.15) is 0 Å². The third kappa shape index (κ3) is 1.22. The Bertz CT molecular complexity index is 338. The van der Waals surface area contributed by atoms with Gasteiger partial charge in [-0.15, -0.1) is 0 Å². The zero-order valence-corrected chi connectivity index (χ0v) is 6.59. The Hall–Kier alpha value is -1.38. The van der Waals surface area contributed by atoms with Crippen LogP contribution in [0.25, 0.3) is 0 Å². The monoisotopic (exact) mass is 150 g/mol. The summed E-state index contributed by atoms with van der Waals surface area (Å²) in [6, 6.07) is 3.44. The molecule has 0 aliphatic rings. The van der Waals surface area contributed by atoms with Crippen molar-refractivity contribution in [3.05, 3.63) is 28.9 Å². The first-order valence-electron chi connectivity index (χ1n) is 3.35. The van der Waals surface area contributed by atoms with E-state index in [0.717, 1.165) is 11.3 Å². The number of nitrogens with zero attached hydrogens (tertiary/aromatic N) is 1. The Morgan fingerprint density at radius 1 is 1.45 bits per heavy atom. The van der Waals surface area contributed by atoms with E-state index in [1.54, 1.807) is 6.07 Å². The molecule has 0 amide bonds. The summed E-state index contributed by atoms with van der Waals surface area (Å²) in [6.07, 6.45) is 0.657. The molecule has 0 saturated carbocycles. The molecule has 1 rings (SSSR count). The van der Waals surface area contributed by atoms with Gasteiger partial charge in [-0.25, -0.2) is 0 Å². The number of aryl methyl sites for hydroxylation is 1. The number of pyridine rings is 1. The summed E-state index contributed by atoms with van der Waals surface area (Å²) in [6.45, 7) is 3.73. The number of carbonyl (C=O) groups is 1. The van der Waals surface area contributed by atoms with E-state index in [1.165, 1.54) is 4.57 Å². The summed E-state index contributed by atoms with van der Waals surface area (Å²) in [5.41, 5.74) is 2.07. The lowest BCUT2D eigenvalue weighted by Gasteiger charge is -2.04. The van der Waals surface area contributed by atoms with Gasteiger partial charge in [0.1, 0.15) is 5.49 Å². The average Bonchev–Trinajstić information content (AvgIpc) is 1.99. The molecule has 0 spiro atoms. The summed E-state index contributed by atoms with van der Waals surface area (Å²) in [5.74, 6) is 0. The van der Waals surface area contributed by atoms with Crippen LogP contribution in [0.2, 0.25) is 0 Å². The molecule has 1 aromatic heterocycles. The highest BCUT2D eigenvalue weighted by Crippen LogP contribution is 1.99. The maximum Gasteiger partial charge on any atom is 0.219 e. The van der Waals surface area contributed by atoms with E-state index in [0.29, 0.717) is 6.41 Å². The van der Waals surface area contributed by atoms with Crippen molar-refractivity contribution in [1.82, 2.24) is 4.57 Å². The lowest BCUT2D eigenvalue weighted by atomic mass is 10.2. The maximum atomic E-state index is 10.4. The second kappa shape index (κ2) is 2.70. The van der Waals surface area contributed by atoms with E-state index in [2.05, 4.69) is 0 Å². The highest BCUT2D eigenvalue weighted by Gasteiger charge is 1.97. The third-order valence-corrected chi connectivity index (χ3v) is 1.79. The van der Waals surface area contributed by atoms with Gasteiger partial charge < -0.3 is 0 Å². The number of hydrogen-bond donors (Lipinski definition) is 1. The van der Waals surface area contributed by atoms with Crippen LogP contribution < -0.4 is 5.49 Å². The normalized spacial score (nSPS) is 9.64. The van der Waals surface area contributed by atoms with Crippen LogP contribution in [0.5, 0.6) is 0 Å². The molecule has 0 saturated heterocycles. The molecule has 1 N–H and O–H groups in total. The highest BCUT2D eigenvalue weighted by atomic mass is 16.1. The highest BCUT2D eigenvalue weighted by molar-refractivity contribution is 5.53. The number of hydrogen-bond acceptors (Lipinski definition) is 2. The second-order valence-corrected chi connectivity index (χ2v) is 2.46. The first-order chi connectivity index (χ1) is 5.16. The Morgan fingerprint density at radius 2 is 2.09 bits per heavy atom. The summed E-state index contributed by atoms with van der Waals surface area (Å²) in [4.78, 5) is 10.4. The number of carbonyl (C=O) groups excluding carboxylic acids is 1. The molecule has 3 nitrogen and oxygen atoms in total. The van der Waals surface area contributed by atoms with E-state index < -0.39 is 0 Å². The van der Waals surface area contributed by atoms with E-state index in [9.17, 15) is 4.79 Å². The Balaban J connectivity index is 3.53. The quantitative estimate of drug-likeness (QED) is 0.586. The minimum Gasteiger partial charge on any atom is -0.284 e. The van der Waals surface area contributed by atoms with Crippen LogP contribution in [0, 0.1) is 19.3 Å². The van der Waals surface area contributed by atoms with Gasteiger partial charge in [-0.05, 0) is 25.5 Å². The van der Waals surface area contributed by atoms with Gasteiger partial charge in [0, 0.05) is 5.69 Å². The fourth-order valence-corrected chi connectivity index (χ4v) is 0.911. The molecule has 0 fully saturated rings. The molecule has 1 heterocycles. The molecule has 3 heteroatoms. The van der Waals surface area contributed by atoms with E-state index in [4.69, 9.17) is 5.41 Å². The molecule has 0 unspecified atom stereocenters. The molecule has 0 bridgehead atoms. The van der Waals surface area contributed by atoms with Gasteiger partial charge in [0.25, 0.3) is 0 Å². The summed E-state index contributed by atoms with van der Waals surface area (Å²) >= 11 is 0. The minimum absolute atomic E-state index is 0.225. The van der Waals surface area contributed by atoms with Crippen molar-refractivity contribution >= 4 is 6.41 Å². The largest absolute Gasteiger partial charge is 0.284 e. The van der Waals surface area contributed by atoms with Crippen molar-refractivity contribution in [3.63, 3.8) is 0 Å². The van der Waals surface area contributed by atoms with Crippen LogP contribution in [0.1, 0.15) is 11.3 Å². The third-order valence-electron chi connectivity index (χ3n) is 1.79. The molecule has 11 heavy (non-hydrogen) atoms. The van der Waals surface area contributed by atoms with Crippen LogP contribution in [0.3, 0.4) is 0 Å². The SMILES string of the molecule is Cc1ccc(=N)n(C=O)c1C. The van der Waals surface area contributed by atoms with E-state index >= 15 is 0 Å². The summed E-state index contributed by atoms with van der Waals surface area (Å²) < 4.78 is 1.31. The number of nitrogens with one attached hydrogen (secondary N) is 1. The van der Waals surface area contributed by atoms with Gasteiger partial charge in [0.05, 0.1) is 0 Å². The lowest BCUT2D eigenvalue weighted by molar-refractivity contribution is 0.542. The van der Waals surface area contributed by atoms with E-state index in [-0.39, 0.29) is 5.49 Å². The van der Waals surface area contributed by atoms with Crippen molar-refractivity contribution < 1.29 is 4.79 Å². The summed E-state index contributed by atoms with van der Waals surface area (Å²) in [5, 5.41) is 7.34. The molecular weight excluding hydrogens is 140 g/mol. The van der Waals surface area contributed by atoms with Gasteiger partial charge in [-0.1, -0.05) is 6.07 Å². The van der Waals surface area contributed by atoms with Crippen molar-refractivity contribution in [2.24, 2.45) is 0 Å². The van der Waals surface area contributed by atoms with Crippen molar-refractivity contribution in [1.29, 1.82) is 5.41 Å². The first-order valence-corrected chi connectivity index (χ1v) is 3.35. The zero-order chi connectivity index (χ0) is 8.43. The predicted molar refractivity (Wildman–Crippen MR) is 41.9 cm³/mol. The van der Waals surface area contributed by atoms with Crippen molar-refractivity contribution in [2.75, 3.05) is 0 Å². The molecule has 0 radical (unpaired) electrons. The molecule has 58 valence electrons. The Morgan fingerprint density at radius 3 is 2.55 bits per heavy atom. The smallest absolute Gasteiger partial charge is 0.219 e. The fraction of sp³-hybridized carbons (Fsp3) is 0.250. The van der Waals surface area contributed by atoms with Crippen LogP contribution in [-0.2, 0) is 4.79 Å². The van der Waals surface area contributed by atoms with Crippen LogP contribution in [-0.4, -0.2) is 11.0 Å². The molecule has 0 atom stereocenters. The number of rotatable bonds is 1. The zero-order valence-electron chi connectivity index (χ0n) is 6.59. The van der Waals surface area contributed by atoms with Gasteiger partial charge >= 0.3 is 0 Å². The second-order valence-electron chi connectivity index (χ2n) is 2.46. The first kappa shape index (κ1) is 7.72. The van der Waals surface area contributed by atoms with Crippen LogP contribution >= 0.6 is 0 Å². The molecule has 0 aliphatic carbocycles. The Kier molecular flexibility index (Phi) is 1.89. The predicted octanol–water partition coefficient (Wildman–Crippen LogP) is 0.623. The molecular formula is C8H10N2O. The van der Waals surface area contributed by atoms with Crippen molar-refractivity contribution in [2.45, 2.75) is 13.8 Å². The van der Waals surface area contributed by atoms with Gasteiger partial charge in [-0.3, -0.25) is 14.8 Å². The molecule has 0 aliphatic heterocycles. The fourth-order valence-electron chi connectivity index (χ4n) is 0.911. The van der Waals surface area contributed by atoms with Crippen LogP contribution in [0.15, 0.2) is 12.1 Å². The standard InChI is InChI=1S/C8H10N2O/c1-6-3-4-8(9)10(5-11)7(6)2/h3-5,9H,1-2H3. The van der Waals surface area contributed by atoms with Crippen molar-refractivity contribution in [3.8, 4) is 0 Å². The van der Waals surface area contributed by atoms with Crippen LogP contribution in [0.4, 0.5) is 0 Å². The number of aromatic nitrogens is 1. The maximum absolute atomic E-state index is 10.4.